The molecule has 0 saturated heterocycles. The molecule has 0 unspecified atom stereocenters. The molecule has 0 spiro atoms. The van der Waals surface area contributed by atoms with Crippen molar-refractivity contribution in [1.29, 1.82) is 0 Å². The van der Waals surface area contributed by atoms with Crippen LogP contribution in [0.5, 0.6) is 11.5 Å². The molecular formula is C25H31Cl2N3O4. The number of unbranched alkanes of at least 4 members (excludes halogenated alkanes) is 3. The molecule has 184 valence electrons. The van der Waals surface area contributed by atoms with Gasteiger partial charge in [-0.15, -0.1) is 0 Å². The quantitative estimate of drug-likeness (QED) is 0.208. The van der Waals surface area contributed by atoms with Crippen LogP contribution in [0.4, 0.5) is 11.4 Å². The maximum Gasteiger partial charge on any atom is 0.338 e. The van der Waals surface area contributed by atoms with Crippen LogP contribution in [0.3, 0.4) is 0 Å². The van der Waals surface area contributed by atoms with Crippen molar-refractivity contribution in [3.8, 4) is 11.5 Å². The molecule has 0 bridgehead atoms. The molecule has 7 nitrogen and oxygen atoms in total. The van der Waals surface area contributed by atoms with Crippen LogP contribution < -0.4 is 20.4 Å². The Labute approximate surface area is 210 Å². The van der Waals surface area contributed by atoms with E-state index in [1.807, 2.05) is 0 Å². The van der Waals surface area contributed by atoms with E-state index in [0.29, 0.717) is 50.5 Å². The lowest BCUT2D eigenvalue weighted by Gasteiger charge is -2.16. The topological polar surface area (TPSA) is 76.8 Å². The van der Waals surface area contributed by atoms with Gasteiger partial charge in [0.2, 0.25) is 5.75 Å². The van der Waals surface area contributed by atoms with Crippen LogP contribution in [-0.4, -0.2) is 43.7 Å². The van der Waals surface area contributed by atoms with Crippen LogP contribution in [0.2, 0.25) is 10.0 Å². The van der Waals surface area contributed by atoms with Gasteiger partial charge >= 0.3 is 5.63 Å². The number of benzene rings is 1. The first-order valence-electron chi connectivity index (χ1n) is 11.5. The molecule has 0 amide bonds. The first-order valence-corrected chi connectivity index (χ1v) is 12.2. The fourth-order valence-corrected chi connectivity index (χ4v) is 4.08. The molecule has 0 aliphatic heterocycles. The van der Waals surface area contributed by atoms with Crippen molar-refractivity contribution in [3.05, 3.63) is 51.1 Å². The van der Waals surface area contributed by atoms with Crippen molar-refractivity contribution in [3.63, 3.8) is 0 Å². The molecule has 9 heteroatoms. The van der Waals surface area contributed by atoms with Gasteiger partial charge in [-0.1, -0.05) is 36.5 Å². The molecule has 2 heterocycles. The Bertz CT molecular complexity index is 1130. The highest BCUT2D eigenvalue weighted by molar-refractivity contribution is 6.39. The van der Waals surface area contributed by atoms with Gasteiger partial charge in [0.15, 0.2) is 11.3 Å². The predicted octanol–water partition coefficient (Wildman–Crippen LogP) is 6.53. The number of halogens is 2. The zero-order chi connectivity index (χ0) is 24.5. The predicted molar refractivity (Wildman–Crippen MR) is 138 cm³/mol. The first kappa shape index (κ1) is 26.1. The van der Waals surface area contributed by atoms with E-state index in [1.54, 1.807) is 19.2 Å². The SMILES string of the molecule is CCCCN(C)CCCCCOc1c(OC)ccc2c(Nc3c(Cl)cncc3Cl)cc(=O)oc12. The van der Waals surface area contributed by atoms with Gasteiger partial charge in [-0.05, 0) is 58.0 Å². The van der Waals surface area contributed by atoms with Gasteiger partial charge in [0.25, 0.3) is 0 Å². The molecule has 0 radical (unpaired) electrons. The zero-order valence-corrected chi connectivity index (χ0v) is 21.3. The van der Waals surface area contributed by atoms with E-state index in [9.17, 15) is 4.79 Å². The standard InChI is InChI=1S/C25H31Cl2N3O4/c1-4-5-11-30(2)12-7-6-8-13-33-25-21(32-3)10-9-17-20(14-22(31)34-24(17)25)29-23-18(26)15-28-16-19(23)27/h9-10,14-16H,4-8,11-13H2,1-3H3,(H,28,29). The molecule has 3 aromatic rings. The monoisotopic (exact) mass is 507 g/mol. The minimum atomic E-state index is -0.537. The molecule has 0 aliphatic carbocycles. The van der Waals surface area contributed by atoms with Crippen LogP contribution in [0.25, 0.3) is 11.0 Å². The summed E-state index contributed by atoms with van der Waals surface area (Å²) in [5, 5.41) is 4.43. The van der Waals surface area contributed by atoms with Gasteiger partial charge in [0, 0.05) is 23.8 Å². The van der Waals surface area contributed by atoms with Gasteiger partial charge in [-0.2, -0.15) is 0 Å². The molecule has 0 fully saturated rings. The second-order valence-corrected chi connectivity index (χ2v) is 8.94. The smallest absolute Gasteiger partial charge is 0.338 e. The van der Waals surface area contributed by atoms with Crippen LogP contribution in [0.1, 0.15) is 39.0 Å². The fourth-order valence-electron chi connectivity index (χ4n) is 3.62. The fraction of sp³-hybridized carbons (Fsp3) is 0.440. The summed E-state index contributed by atoms with van der Waals surface area (Å²) in [5.41, 5.74) is 0.704. The normalized spacial score (nSPS) is 11.2. The van der Waals surface area contributed by atoms with E-state index in [-0.39, 0.29) is 0 Å². The lowest BCUT2D eigenvalue weighted by molar-refractivity contribution is 0.274. The Morgan fingerprint density at radius 2 is 1.82 bits per heavy atom. The van der Waals surface area contributed by atoms with E-state index in [4.69, 9.17) is 37.1 Å². The van der Waals surface area contributed by atoms with E-state index in [0.717, 1.165) is 32.4 Å². The summed E-state index contributed by atoms with van der Waals surface area (Å²) < 4.78 is 17.1. The van der Waals surface area contributed by atoms with Crippen LogP contribution in [0, 0.1) is 0 Å². The second kappa shape index (κ2) is 12.8. The minimum absolute atomic E-state index is 0.301. The number of nitrogens with zero attached hydrogens (tertiary/aromatic N) is 2. The van der Waals surface area contributed by atoms with Gasteiger partial charge in [-0.25, -0.2) is 4.79 Å². The molecule has 34 heavy (non-hydrogen) atoms. The number of methoxy groups -OCH3 is 1. The Morgan fingerprint density at radius 3 is 2.53 bits per heavy atom. The minimum Gasteiger partial charge on any atom is -0.493 e. The van der Waals surface area contributed by atoms with E-state index in [1.165, 1.54) is 31.3 Å². The molecule has 2 aromatic heterocycles. The number of ether oxygens (including phenoxy) is 2. The highest BCUT2D eigenvalue weighted by atomic mass is 35.5. The summed E-state index contributed by atoms with van der Waals surface area (Å²) in [6, 6.07) is 4.92. The summed E-state index contributed by atoms with van der Waals surface area (Å²) in [6.45, 7) is 4.89. The van der Waals surface area contributed by atoms with Crippen LogP contribution in [0.15, 0.2) is 39.8 Å². The third kappa shape index (κ3) is 6.78. The second-order valence-electron chi connectivity index (χ2n) is 8.12. The highest BCUT2D eigenvalue weighted by Gasteiger charge is 2.17. The molecule has 0 atom stereocenters. The molecule has 1 N–H and O–H groups in total. The third-order valence-corrected chi connectivity index (χ3v) is 6.06. The number of aromatic nitrogens is 1. The summed E-state index contributed by atoms with van der Waals surface area (Å²) in [7, 11) is 3.71. The lowest BCUT2D eigenvalue weighted by atomic mass is 10.1. The Balaban J connectivity index is 1.76. The van der Waals surface area contributed by atoms with Crippen molar-refractivity contribution in [2.75, 3.05) is 39.2 Å². The van der Waals surface area contributed by atoms with Crippen molar-refractivity contribution in [1.82, 2.24) is 9.88 Å². The highest BCUT2D eigenvalue weighted by Crippen LogP contribution is 2.40. The molecule has 1 aromatic carbocycles. The summed E-state index contributed by atoms with van der Waals surface area (Å²) in [6.07, 6.45) is 8.41. The lowest BCUT2D eigenvalue weighted by Crippen LogP contribution is -2.20. The van der Waals surface area contributed by atoms with Gasteiger partial charge in [0.05, 0.1) is 35.1 Å². The zero-order valence-electron chi connectivity index (χ0n) is 19.8. The van der Waals surface area contributed by atoms with E-state index >= 15 is 0 Å². The maximum absolute atomic E-state index is 12.4. The van der Waals surface area contributed by atoms with Crippen LogP contribution >= 0.6 is 23.2 Å². The van der Waals surface area contributed by atoms with Gasteiger partial charge in [-0.3, -0.25) is 4.98 Å². The van der Waals surface area contributed by atoms with E-state index < -0.39 is 5.63 Å². The number of hydrogen-bond donors (Lipinski definition) is 1. The van der Waals surface area contributed by atoms with Crippen molar-refractivity contribution in [2.24, 2.45) is 0 Å². The maximum atomic E-state index is 12.4. The average molecular weight is 508 g/mol. The Hall–Kier alpha value is -2.48. The van der Waals surface area contributed by atoms with Gasteiger partial charge < -0.3 is 24.1 Å². The van der Waals surface area contributed by atoms with E-state index in [2.05, 4.69) is 29.2 Å². The van der Waals surface area contributed by atoms with Crippen LogP contribution in [-0.2, 0) is 0 Å². The molecular weight excluding hydrogens is 477 g/mol. The summed E-state index contributed by atoms with van der Waals surface area (Å²) in [4.78, 5) is 18.7. The molecule has 0 aliphatic rings. The third-order valence-electron chi connectivity index (χ3n) is 5.49. The number of pyridine rings is 1. The van der Waals surface area contributed by atoms with Crippen molar-refractivity contribution in [2.45, 2.75) is 39.0 Å². The molecule has 0 saturated carbocycles. The number of nitrogens with one attached hydrogen (secondary N) is 1. The number of hydrogen-bond acceptors (Lipinski definition) is 7. The molecule has 3 rings (SSSR count). The Morgan fingerprint density at radius 1 is 1.09 bits per heavy atom. The number of anilines is 2. The van der Waals surface area contributed by atoms with Crippen molar-refractivity contribution >= 4 is 45.5 Å². The summed E-state index contributed by atoms with van der Waals surface area (Å²) >= 11 is 12.5. The van der Waals surface area contributed by atoms with Crippen molar-refractivity contribution < 1.29 is 13.9 Å². The first-order chi connectivity index (χ1) is 16.4. The largest absolute Gasteiger partial charge is 0.493 e. The number of fused-ring (bicyclic) bond motifs is 1. The average Bonchev–Trinajstić information content (AvgIpc) is 2.82. The van der Waals surface area contributed by atoms with Gasteiger partial charge in [0.1, 0.15) is 0 Å². The number of rotatable bonds is 13. The Kier molecular flexibility index (Phi) is 9.86. The summed E-state index contributed by atoms with van der Waals surface area (Å²) in [5.74, 6) is 0.889.